The maximum Gasteiger partial charge on any atom is 3.00 e. The molecule has 0 N–H and O–H groups in total. The normalized spacial score (nSPS) is 11.2. The Morgan fingerprint density at radius 3 is 0.438 bits per heavy atom. The van der Waals surface area contributed by atoms with Crippen LogP contribution in [0.4, 0.5) is 0 Å². The Balaban J connectivity index is -0.0000000655. The molecule has 0 aromatic heterocycles. The maximum absolute atomic E-state index is 10.1. The van der Waals surface area contributed by atoms with Crippen LogP contribution in [0.5, 0.6) is 0 Å². The fourth-order valence-corrected chi connectivity index (χ4v) is 0. The second kappa shape index (κ2) is 10.2. The van der Waals surface area contributed by atoms with Gasteiger partial charge in [0.25, 0.3) is 0 Å². The van der Waals surface area contributed by atoms with Crippen LogP contribution in [0.25, 0.3) is 0 Å². The van der Waals surface area contributed by atoms with Crippen molar-refractivity contribution in [2.24, 2.45) is 0 Å². The summed E-state index contributed by atoms with van der Waals surface area (Å²) in [6.07, 6.45) is 0. The summed E-state index contributed by atoms with van der Waals surface area (Å²) in [4.78, 5) is 0. The molecular weight excluding hydrogens is 349 g/mol. The molecule has 0 aromatic carbocycles. The zero-order chi connectivity index (χ0) is 13.5. The Kier molecular flexibility index (Phi) is 16.4. The predicted molar refractivity (Wildman–Crippen MR) is 59.3 cm³/mol. The summed E-state index contributed by atoms with van der Waals surface area (Å²) >= 11 is 0. The van der Waals surface area contributed by atoms with Gasteiger partial charge in [-0.25, -0.2) is 0 Å². The van der Waals surface area contributed by atoms with E-state index in [-0.39, 0.29) is 39.9 Å². The second-order valence-corrected chi connectivity index (χ2v) is 6.34. The molecule has 0 aliphatic heterocycles. The summed E-state index contributed by atoms with van der Waals surface area (Å²) in [6, 6.07) is 0. The van der Waals surface area contributed by atoms with Crippen molar-refractivity contribution >= 4 is 0 Å². The molecule has 1 radical (unpaired) electrons. The minimum atomic E-state index is -0.750. The van der Waals surface area contributed by atoms with E-state index >= 15 is 0 Å². The monoisotopic (exact) mass is 377 g/mol. The molecular formula is C12H27GdO3. The van der Waals surface area contributed by atoms with E-state index in [1.807, 2.05) is 0 Å². The first-order valence-electron chi connectivity index (χ1n) is 5.11. The largest absolute Gasteiger partial charge is 3.00 e. The van der Waals surface area contributed by atoms with Crippen LogP contribution >= 0.6 is 0 Å². The SMILES string of the molecule is CC(C)(C)[O-].CC(C)(C)[O-].CC(C)(C)[O-].[Gd+3]. The number of hydrogen-bond acceptors (Lipinski definition) is 3. The van der Waals surface area contributed by atoms with Crippen LogP contribution in [0.1, 0.15) is 62.3 Å². The van der Waals surface area contributed by atoms with Crippen LogP contribution in [0.2, 0.25) is 0 Å². The molecule has 0 saturated heterocycles. The van der Waals surface area contributed by atoms with Crippen molar-refractivity contribution in [3.05, 3.63) is 0 Å². The zero-order valence-electron chi connectivity index (χ0n) is 12.1. The van der Waals surface area contributed by atoms with Gasteiger partial charge in [-0.3, -0.25) is 0 Å². The molecule has 0 unspecified atom stereocenters. The molecule has 0 amide bonds. The molecule has 0 aromatic rings. The third kappa shape index (κ3) is 2110. The van der Waals surface area contributed by atoms with E-state index in [1.54, 1.807) is 62.3 Å². The third-order valence-corrected chi connectivity index (χ3v) is 0. The molecule has 101 valence electrons. The van der Waals surface area contributed by atoms with Crippen molar-refractivity contribution in [3.63, 3.8) is 0 Å². The van der Waals surface area contributed by atoms with Gasteiger partial charge in [0.15, 0.2) is 0 Å². The van der Waals surface area contributed by atoms with Crippen molar-refractivity contribution < 1.29 is 55.3 Å². The van der Waals surface area contributed by atoms with Crippen LogP contribution in [-0.2, 0) is 0 Å². The van der Waals surface area contributed by atoms with Gasteiger partial charge in [-0.1, -0.05) is 62.3 Å². The fraction of sp³-hybridized carbons (Fsp3) is 1.00. The van der Waals surface area contributed by atoms with Gasteiger partial charge in [-0.2, -0.15) is 0 Å². The fourth-order valence-electron chi connectivity index (χ4n) is 0. The van der Waals surface area contributed by atoms with Crippen LogP contribution in [0.15, 0.2) is 0 Å². The van der Waals surface area contributed by atoms with Crippen LogP contribution in [0, 0.1) is 39.9 Å². The molecule has 0 aliphatic carbocycles. The second-order valence-electron chi connectivity index (χ2n) is 6.34. The van der Waals surface area contributed by atoms with Gasteiger partial charge in [0, 0.05) is 0 Å². The third-order valence-electron chi connectivity index (χ3n) is 0. The van der Waals surface area contributed by atoms with E-state index < -0.39 is 16.8 Å². The Labute approximate surface area is 133 Å². The predicted octanol–water partition coefficient (Wildman–Crippen LogP) is 0.436. The molecule has 0 heterocycles. The molecule has 0 bridgehead atoms. The first-order chi connectivity index (χ1) is 6.00. The van der Waals surface area contributed by atoms with E-state index in [4.69, 9.17) is 0 Å². The summed E-state index contributed by atoms with van der Waals surface area (Å²) in [6.45, 7) is 14.7. The molecule has 3 nitrogen and oxygen atoms in total. The first kappa shape index (κ1) is 25.9. The Morgan fingerprint density at radius 1 is 0.438 bits per heavy atom. The molecule has 0 fully saturated rings. The molecule has 0 atom stereocenters. The van der Waals surface area contributed by atoms with Gasteiger partial charge in [-0.15, -0.1) is 16.8 Å². The first-order valence-corrected chi connectivity index (χ1v) is 5.11. The quantitative estimate of drug-likeness (QED) is 0.616. The Bertz CT molecular complexity index is 91.3. The Hall–Kier alpha value is 1.20. The summed E-state index contributed by atoms with van der Waals surface area (Å²) in [5, 5.41) is 30.3. The van der Waals surface area contributed by atoms with Crippen LogP contribution in [-0.4, -0.2) is 16.8 Å². The summed E-state index contributed by atoms with van der Waals surface area (Å²) in [5.41, 5.74) is -2.25. The summed E-state index contributed by atoms with van der Waals surface area (Å²) < 4.78 is 0. The average molecular weight is 377 g/mol. The van der Waals surface area contributed by atoms with Crippen molar-refractivity contribution in [3.8, 4) is 0 Å². The van der Waals surface area contributed by atoms with Gasteiger partial charge in [0.1, 0.15) is 0 Å². The molecule has 0 saturated carbocycles. The molecule has 0 aliphatic rings. The molecule has 16 heavy (non-hydrogen) atoms. The van der Waals surface area contributed by atoms with Gasteiger partial charge in [-0.05, 0) is 0 Å². The standard InChI is InChI=1S/3C4H9O.Gd/c3*1-4(2,3)5;/h3*1-3H3;/q3*-1;+3. The van der Waals surface area contributed by atoms with Crippen LogP contribution < -0.4 is 15.3 Å². The van der Waals surface area contributed by atoms with Gasteiger partial charge >= 0.3 is 39.9 Å². The molecule has 4 heteroatoms. The van der Waals surface area contributed by atoms with Crippen molar-refractivity contribution in [1.82, 2.24) is 0 Å². The van der Waals surface area contributed by atoms with E-state index in [0.717, 1.165) is 0 Å². The Morgan fingerprint density at radius 2 is 0.438 bits per heavy atom. The van der Waals surface area contributed by atoms with Gasteiger partial charge < -0.3 is 15.3 Å². The van der Waals surface area contributed by atoms with E-state index in [0.29, 0.717) is 0 Å². The van der Waals surface area contributed by atoms with E-state index in [2.05, 4.69) is 0 Å². The van der Waals surface area contributed by atoms with Gasteiger partial charge in [0.2, 0.25) is 0 Å². The molecule has 0 spiro atoms. The van der Waals surface area contributed by atoms with Crippen LogP contribution in [0.3, 0.4) is 0 Å². The summed E-state index contributed by atoms with van der Waals surface area (Å²) in [7, 11) is 0. The number of hydrogen-bond donors (Lipinski definition) is 0. The van der Waals surface area contributed by atoms with Crippen molar-refractivity contribution in [2.75, 3.05) is 0 Å². The topological polar surface area (TPSA) is 69.2 Å². The van der Waals surface area contributed by atoms with Crippen molar-refractivity contribution in [2.45, 2.75) is 79.1 Å². The van der Waals surface area contributed by atoms with E-state index in [1.165, 1.54) is 0 Å². The number of rotatable bonds is 0. The van der Waals surface area contributed by atoms with Gasteiger partial charge in [0.05, 0.1) is 0 Å². The molecule has 0 rings (SSSR count). The zero-order valence-corrected chi connectivity index (χ0v) is 14.3. The minimum Gasteiger partial charge on any atom is -0.850 e. The smallest absolute Gasteiger partial charge is 0.850 e. The maximum atomic E-state index is 10.1. The van der Waals surface area contributed by atoms with E-state index in [9.17, 15) is 15.3 Å². The van der Waals surface area contributed by atoms with Crippen molar-refractivity contribution in [1.29, 1.82) is 0 Å². The minimum absolute atomic E-state index is 0. The average Bonchev–Trinajstić information content (AvgIpc) is 1.41. The summed E-state index contributed by atoms with van der Waals surface area (Å²) in [5.74, 6) is 0.